The molecule has 47 heavy (non-hydrogen) atoms. The molecule has 13 nitrogen and oxygen atoms in total. The molecule has 0 atom stereocenters. The van der Waals surface area contributed by atoms with E-state index in [1.54, 1.807) is 38.4 Å². The molecule has 0 fully saturated rings. The Hall–Kier alpha value is -6.24. The normalized spacial score (nSPS) is 12.9. The Morgan fingerprint density at radius 1 is 0.702 bits per heavy atom. The van der Waals surface area contributed by atoms with Crippen LogP contribution >= 0.6 is 0 Å². The number of hydrogen-bond donors (Lipinski definition) is 2. The molecule has 0 unspecified atom stereocenters. The second kappa shape index (κ2) is 13.4. The number of aromatic nitrogens is 8. The third kappa shape index (κ3) is 6.18. The van der Waals surface area contributed by atoms with Crippen LogP contribution in [0.4, 0.5) is 0 Å². The summed E-state index contributed by atoms with van der Waals surface area (Å²) in [5.74, 6) is 1.76. The molecule has 0 radical (unpaired) electrons. The monoisotopic (exact) mass is 628 g/mol. The molecule has 2 N–H and O–H groups in total. The van der Waals surface area contributed by atoms with Crippen molar-refractivity contribution in [3.8, 4) is 17.2 Å². The topological polar surface area (TPSA) is 162 Å². The van der Waals surface area contributed by atoms with Crippen LogP contribution in [-0.4, -0.2) is 69.9 Å². The highest BCUT2D eigenvalue weighted by Gasteiger charge is 2.42. The van der Waals surface area contributed by atoms with E-state index in [4.69, 9.17) is 4.74 Å². The number of nitrogens with zero attached hydrogens (tertiary/aromatic N) is 10. The van der Waals surface area contributed by atoms with E-state index in [9.17, 15) is 10.2 Å². The number of phenolic OH excluding ortho intramolecular Hbond substituents is 2. The number of aromatic hydroxyl groups is 2. The van der Waals surface area contributed by atoms with E-state index in [0.717, 1.165) is 23.3 Å². The molecule has 0 aliphatic carbocycles. The molecule has 4 aromatic carbocycles. The molecule has 2 aromatic heterocycles. The Kier molecular flexibility index (Phi) is 8.77. The Balaban J connectivity index is 1.54. The zero-order valence-corrected chi connectivity index (χ0v) is 26.0. The van der Waals surface area contributed by atoms with Gasteiger partial charge in [-0.15, -0.1) is 19.8 Å². The van der Waals surface area contributed by atoms with Gasteiger partial charge in [0.05, 0.1) is 24.5 Å². The summed E-state index contributed by atoms with van der Waals surface area (Å²) in [6, 6.07) is 28.1. The summed E-state index contributed by atoms with van der Waals surface area (Å²) in [6.07, 6.45) is 4.01. The molecule has 0 aliphatic rings. The molecule has 0 bridgehead atoms. The quantitative estimate of drug-likeness (QED) is 0.154. The van der Waals surface area contributed by atoms with E-state index < -0.39 is 5.41 Å². The van der Waals surface area contributed by atoms with Crippen molar-refractivity contribution in [3.63, 3.8) is 0 Å². The lowest BCUT2D eigenvalue weighted by Gasteiger charge is -2.37. The van der Waals surface area contributed by atoms with E-state index in [1.807, 2.05) is 78.9 Å². The maximum atomic E-state index is 11.8. The third-order valence-electron chi connectivity index (χ3n) is 7.66. The minimum absolute atomic E-state index is 0.00301. The zero-order valence-electron chi connectivity index (χ0n) is 26.0. The molecule has 0 aliphatic heterocycles. The summed E-state index contributed by atoms with van der Waals surface area (Å²) in [5, 5.41) is 54.8. The number of tetrazole rings is 2. The van der Waals surface area contributed by atoms with Crippen LogP contribution in [0.1, 0.15) is 58.4 Å². The predicted octanol–water partition coefficient (Wildman–Crippen LogP) is 4.62. The summed E-state index contributed by atoms with van der Waals surface area (Å²) < 4.78 is 5.89. The smallest absolute Gasteiger partial charge is 0.173 e. The van der Waals surface area contributed by atoms with Gasteiger partial charge < -0.3 is 14.9 Å². The Morgan fingerprint density at radius 3 is 1.66 bits per heavy atom. The maximum Gasteiger partial charge on any atom is 0.173 e. The average molecular weight is 629 g/mol. The number of rotatable bonds is 11. The highest BCUT2D eigenvalue weighted by Crippen LogP contribution is 2.51. The van der Waals surface area contributed by atoms with Gasteiger partial charge in [-0.05, 0) is 87.6 Å². The third-order valence-corrected chi connectivity index (χ3v) is 7.66. The molecular weight excluding hydrogens is 596 g/mol. The molecular formula is C34H32N10O3. The minimum atomic E-state index is -1.16. The van der Waals surface area contributed by atoms with Crippen LogP contribution in [0.15, 0.2) is 101 Å². The fraction of sp³-hybridized carbons (Fsp3) is 0.176. The fourth-order valence-corrected chi connectivity index (χ4v) is 5.45. The zero-order chi connectivity index (χ0) is 32.8. The van der Waals surface area contributed by atoms with Crippen LogP contribution < -0.4 is 4.74 Å². The molecule has 236 valence electrons. The van der Waals surface area contributed by atoms with Crippen molar-refractivity contribution in [3.05, 3.63) is 136 Å². The van der Waals surface area contributed by atoms with E-state index in [0.29, 0.717) is 40.5 Å². The first-order chi connectivity index (χ1) is 22.9. The van der Waals surface area contributed by atoms with Crippen molar-refractivity contribution in [1.29, 1.82) is 0 Å². The molecule has 0 spiro atoms. The lowest BCUT2D eigenvalue weighted by atomic mass is 9.64. The second-order valence-corrected chi connectivity index (χ2v) is 10.8. The average Bonchev–Trinajstić information content (AvgIpc) is 3.71. The number of hydrogen-bond acceptors (Lipinski definition) is 11. The van der Waals surface area contributed by atoms with Gasteiger partial charge in [0.2, 0.25) is 0 Å². The molecule has 0 amide bonds. The van der Waals surface area contributed by atoms with Gasteiger partial charge in [0.1, 0.15) is 17.2 Å². The first-order valence-corrected chi connectivity index (χ1v) is 14.9. The first-order valence-electron chi connectivity index (χ1n) is 14.9. The minimum Gasteiger partial charge on any atom is -0.508 e. The summed E-state index contributed by atoms with van der Waals surface area (Å²) in [7, 11) is 0. The maximum absolute atomic E-state index is 11.8. The van der Waals surface area contributed by atoms with E-state index in [-0.39, 0.29) is 11.5 Å². The van der Waals surface area contributed by atoms with Crippen LogP contribution in [0.2, 0.25) is 0 Å². The lowest BCUT2D eigenvalue weighted by Crippen LogP contribution is -2.31. The highest BCUT2D eigenvalue weighted by atomic mass is 16.5. The van der Waals surface area contributed by atoms with Crippen molar-refractivity contribution in [2.75, 3.05) is 6.61 Å². The van der Waals surface area contributed by atoms with Gasteiger partial charge in [0, 0.05) is 11.1 Å². The van der Waals surface area contributed by atoms with E-state index in [1.165, 1.54) is 9.58 Å². The Morgan fingerprint density at radius 2 is 1.21 bits per heavy atom. The van der Waals surface area contributed by atoms with Gasteiger partial charge in [0.25, 0.3) is 0 Å². The number of benzene rings is 4. The molecule has 0 saturated carbocycles. The van der Waals surface area contributed by atoms with Gasteiger partial charge in [-0.3, -0.25) is 0 Å². The number of aryl methyl sites for hydroxylation is 2. The van der Waals surface area contributed by atoms with Gasteiger partial charge in [0.15, 0.2) is 11.6 Å². The molecule has 13 heteroatoms. The van der Waals surface area contributed by atoms with E-state index in [2.05, 4.69) is 48.2 Å². The lowest BCUT2D eigenvalue weighted by molar-refractivity contribution is 0.317. The van der Waals surface area contributed by atoms with Crippen molar-refractivity contribution in [1.82, 2.24) is 40.6 Å². The van der Waals surface area contributed by atoms with Gasteiger partial charge in [-0.1, -0.05) is 73.7 Å². The number of phenols is 2. The Labute approximate surface area is 270 Å². The molecule has 2 heterocycles. The highest BCUT2D eigenvalue weighted by molar-refractivity contribution is 5.82. The fourth-order valence-electron chi connectivity index (χ4n) is 5.45. The van der Waals surface area contributed by atoms with Crippen LogP contribution in [0.3, 0.4) is 0 Å². The Bertz CT molecular complexity index is 1940. The van der Waals surface area contributed by atoms with Gasteiger partial charge >= 0.3 is 0 Å². The second-order valence-electron chi connectivity index (χ2n) is 10.8. The summed E-state index contributed by atoms with van der Waals surface area (Å²) in [5.41, 5.74) is 2.80. The van der Waals surface area contributed by atoms with Crippen molar-refractivity contribution in [2.45, 2.75) is 32.6 Å². The van der Waals surface area contributed by atoms with Crippen molar-refractivity contribution in [2.24, 2.45) is 10.2 Å². The van der Waals surface area contributed by atoms with Crippen LogP contribution in [0.5, 0.6) is 17.2 Å². The summed E-state index contributed by atoms with van der Waals surface area (Å²) in [6.45, 7) is 6.12. The standard InChI is InChI=1S/C34H32N10O3/c1-4-18-47-29-14-12-28(13-15-29)34(27-8-6-5-7-9-27,30-16-10-25(19-32(30)45)21-35-43-23(2)37-39-41-43)31-17-11-26(20-33(31)46)22-36-44-24(3)38-40-42-44/h5-17,19-22,45-46H,4,18H2,1-3H3. The molecule has 6 rings (SSSR count). The largest absolute Gasteiger partial charge is 0.508 e. The summed E-state index contributed by atoms with van der Waals surface area (Å²) >= 11 is 0. The van der Waals surface area contributed by atoms with Crippen molar-refractivity contribution < 1.29 is 14.9 Å². The SMILES string of the molecule is CCCOc1ccc(C(c2ccccc2)(c2ccc(C=Nn3nnnc3C)cc2O)c2ccc(C=Nn3nnnc3C)cc2O)cc1. The predicted molar refractivity (Wildman–Crippen MR) is 175 cm³/mol. The van der Waals surface area contributed by atoms with Gasteiger partial charge in [-0.25, -0.2) is 0 Å². The van der Waals surface area contributed by atoms with E-state index >= 15 is 0 Å². The van der Waals surface area contributed by atoms with Crippen molar-refractivity contribution >= 4 is 12.4 Å². The van der Waals surface area contributed by atoms with Crippen LogP contribution in [0, 0.1) is 13.8 Å². The molecule has 6 aromatic rings. The number of ether oxygens (including phenoxy) is 1. The first kappa shape index (κ1) is 30.8. The molecule has 0 saturated heterocycles. The summed E-state index contributed by atoms with van der Waals surface area (Å²) in [4.78, 5) is 2.59. The van der Waals surface area contributed by atoms with Crippen LogP contribution in [-0.2, 0) is 5.41 Å². The van der Waals surface area contributed by atoms with Gasteiger partial charge in [-0.2, -0.15) is 10.2 Å². The van der Waals surface area contributed by atoms with Crippen LogP contribution in [0.25, 0.3) is 0 Å².